The van der Waals surface area contributed by atoms with Gasteiger partial charge in [0.25, 0.3) is 0 Å². The lowest BCUT2D eigenvalue weighted by Crippen LogP contribution is -2.50. The molecule has 6 heteroatoms. The van der Waals surface area contributed by atoms with Gasteiger partial charge in [0.2, 0.25) is 5.91 Å². The van der Waals surface area contributed by atoms with E-state index in [1.165, 1.54) is 0 Å². The maximum Gasteiger partial charge on any atom is 0.396 e. The first-order valence-corrected chi connectivity index (χ1v) is 6.32. The number of amides is 2. The molecule has 0 aromatic heterocycles. The summed E-state index contributed by atoms with van der Waals surface area (Å²) in [6.07, 6.45) is 3.11. The average molecular weight is 256 g/mol. The van der Waals surface area contributed by atoms with Crippen molar-refractivity contribution in [2.75, 3.05) is 19.7 Å². The van der Waals surface area contributed by atoms with Crippen molar-refractivity contribution in [1.82, 2.24) is 10.2 Å². The molecular weight excluding hydrogens is 236 g/mol. The van der Waals surface area contributed by atoms with Gasteiger partial charge in [0.15, 0.2) is 0 Å². The summed E-state index contributed by atoms with van der Waals surface area (Å²) in [5.41, 5.74) is 0. The number of likely N-dealkylation sites (tertiary alicyclic amines) is 1. The molecular formula is C12H20N2O4. The Balaban J connectivity index is 2.43. The van der Waals surface area contributed by atoms with Gasteiger partial charge in [-0.05, 0) is 33.1 Å². The summed E-state index contributed by atoms with van der Waals surface area (Å²) >= 11 is 0. The van der Waals surface area contributed by atoms with E-state index < -0.39 is 17.9 Å². The van der Waals surface area contributed by atoms with Crippen molar-refractivity contribution in [3.05, 3.63) is 0 Å². The Morgan fingerprint density at radius 2 is 1.83 bits per heavy atom. The molecule has 0 aromatic rings. The first-order valence-electron chi connectivity index (χ1n) is 6.32. The Morgan fingerprint density at radius 1 is 1.22 bits per heavy atom. The van der Waals surface area contributed by atoms with E-state index in [1.807, 2.05) is 0 Å². The van der Waals surface area contributed by atoms with Crippen molar-refractivity contribution in [2.45, 2.75) is 39.2 Å². The molecule has 18 heavy (non-hydrogen) atoms. The topological polar surface area (TPSA) is 75.7 Å². The van der Waals surface area contributed by atoms with Crippen LogP contribution < -0.4 is 5.32 Å². The minimum Gasteiger partial charge on any atom is -0.459 e. The minimum absolute atomic E-state index is 0.140. The lowest BCUT2D eigenvalue weighted by molar-refractivity contribution is -0.155. The molecule has 2 amide bonds. The van der Waals surface area contributed by atoms with Crippen LogP contribution in [-0.4, -0.2) is 48.4 Å². The van der Waals surface area contributed by atoms with Crippen LogP contribution in [0.2, 0.25) is 0 Å². The number of nitrogens with zero attached hydrogens (tertiary/aromatic N) is 1. The molecule has 1 rings (SSSR count). The standard InChI is InChI=1S/C12H20N2O4/c1-3-18-12(17)10(15)13-9(2)11(16)14-7-5-4-6-8-14/h9H,3-8H2,1-2H3,(H,13,15). The van der Waals surface area contributed by atoms with Crippen molar-refractivity contribution in [3.63, 3.8) is 0 Å². The Bertz CT molecular complexity index is 324. The number of piperidine rings is 1. The molecule has 1 atom stereocenters. The second-order valence-electron chi connectivity index (χ2n) is 4.30. The summed E-state index contributed by atoms with van der Waals surface area (Å²) in [5.74, 6) is -1.96. The van der Waals surface area contributed by atoms with Gasteiger partial charge in [-0.2, -0.15) is 0 Å². The van der Waals surface area contributed by atoms with Gasteiger partial charge >= 0.3 is 11.9 Å². The first kappa shape index (κ1) is 14.5. The fourth-order valence-electron chi connectivity index (χ4n) is 1.90. The molecule has 1 aliphatic rings. The largest absolute Gasteiger partial charge is 0.459 e. The highest BCUT2D eigenvalue weighted by Gasteiger charge is 2.25. The number of hydrogen-bond donors (Lipinski definition) is 1. The summed E-state index contributed by atoms with van der Waals surface area (Å²) in [5, 5.41) is 2.36. The van der Waals surface area contributed by atoms with Gasteiger partial charge in [-0.3, -0.25) is 9.59 Å². The molecule has 0 saturated carbocycles. The number of nitrogens with one attached hydrogen (secondary N) is 1. The summed E-state index contributed by atoms with van der Waals surface area (Å²) < 4.78 is 4.55. The highest BCUT2D eigenvalue weighted by Crippen LogP contribution is 2.09. The number of hydrogen-bond acceptors (Lipinski definition) is 4. The second kappa shape index (κ2) is 6.98. The number of carbonyl (C=O) groups is 3. The molecule has 1 unspecified atom stereocenters. The van der Waals surface area contributed by atoms with Gasteiger partial charge in [-0.15, -0.1) is 0 Å². The highest BCUT2D eigenvalue weighted by atomic mass is 16.5. The van der Waals surface area contributed by atoms with E-state index in [0.29, 0.717) is 0 Å². The van der Waals surface area contributed by atoms with E-state index in [-0.39, 0.29) is 12.5 Å². The van der Waals surface area contributed by atoms with Gasteiger partial charge in [0, 0.05) is 13.1 Å². The zero-order chi connectivity index (χ0) is 13.5. The van der Waals surface area contributed by atoms with Crippen LogP contribution in [-0.2, 0) is 19.1 Å². The molecule has 0 aliphatic carbocycles. The first-order chi connectivity index (χ1) is 8.56. The minimum atomic E-state index is -0.948. The van der Waals surface area contributed by atoms with Crippen LogP contribution in [0.1, 0.15) is 33.1 Å². The van der Waals surface area contributed by atoms with Crippen LogP contribution >= 0.6 is 0 Å². The molecule has 0 radical (unpaired) electrons. The number of esters is 1. The fraction of sp³-hybridized carbons (Fsp3) is 0.750. The van der Waals surface area contributed by atoms with E-state index >= 15 is 0 Å². The summed E-state index contributed by atoms with van der Waals surface area (Å²) in [7, 11) is 0. The third-order valence-corrected chi connectivity index (χ3v) is 2.85. The van der Waals surface area contributed by atoms with Crippen molar-refractivity contribution in [1.29, 1.82) is 0 Å². The van der Waals surface area contributed by atoms with Crippen LogP contribution in [0.15, 0.2) is 0 Å². The maximum absolute atomic E-state index is 12.0. The SMILES string of the molecule is CCOC(=O)C(=O)NC(C)C(=O)N1CCCCC1. The lowest BCUT2D eigenvalue weighted by Gasteiger charge is -2.29. The Labute approximate surface area is 107 Å². The molecule has 0 spiro atoms. The lowest BCUT2D eigenvalue weighted by atomic mass is 10.1. The zero-order valence-electron chi connectivity index (χ0n) is 10.9. The molecule has 0 bridgehead atoms. The summed E-state index contributed by atoms with van der Waals surface area (Å²) in [4.78, 5) is 36.2. The monoisotopic (exact) mass is 256 g/mol. The second-order valence-corrected chi connectivity index (χ2v) is 4.30. The summed E-state index contributed by atoms with van der Waals surface area (Å²) in [6, 6.07) is -0.694. The van der Waals surface area contributed by atoms with Gasteiger partial charge in [0.1, 0.15) is 6.04 Å². The molecule has 1 fully saturated rings. The van der Waals surface area contributed by atoms with Crippen LogP contribution in [0.3, 0.4) is 0 Å². The normalized spacial score (nSPS) is 16.9. The quantitative estimate of drug-likeness (QED) is 0.572. The van der Waals surface area contributed by atoms with E-state index in [1.54, 1.807) is 18.7 Å². The average Bonchev–Trinajstić information content (AvgIpc) is 2.39. The molecule has 1 saturated heterocycles. The van der Waals surface area contributed by atoms with Gasteiger partial charge in [-0.25, -0.2) is 4.79 Å². The Kier molecular flexibility index (Phi) is 5.61. The van der Waals surface area contributed by atoms with Crippen molar-refractivity contribution in [3.8, 4) is 0 Å². The van der Waals surface area contributed by atoms with Gasteiger partial charge < -0.3 is 15.0 Å². The van der Waals surface area contributed by atoms with E-state index in [0.717, 1.165) is 32.4 Å². The molecule has 1 aliphatic heterocycles. The smallest absolute Gasteiger partial charge is 0.396 e. The van der Waals surface area contributed by atoms with Crippen LogP contribution in [0.25, 0.3) is 0 Å². The predicted octanol–water partition coefficient (Wildman–Crippen LogP) is 0.0667. The van der Waals surface area contributed by atoms with Crippen molar-refractivity contribution >= 4 is 17.8 Å². The van der Waals surface area contributed by atoms with Crippen molar-refractivity contribution in [2.24, 2.45) is 0 Å². The number of ether oxygens (including phenoxy) is 1. The Hall–Kier alpha value is -1.59. The number of carbonyl (C=O) groups excluding carboxylic acids is 3. The van der Waals surface area contributed by atoms with Crippen LogP contribution in [0.5, 0.6) is 0 Å². The van der Waals surface area contributed by atoms with Crippen LogP contribution in [0.4, 0.5) is 0 Å². The van der Waals surface area contributed by atoms with Crippen LogP contribution in [0, 0.1) is 0 Å². The predicted molar refractivity (Wildman–Crippen MR) is 64.7 cm³/mol. The van der Waals surface area contributed by atoms with Gasteiger partial charge in [0.05, 0.1) is 6.61 Å². The third-order valence-electron chi connectivity index (χ3n) is 2.85. The number of rotatable bonds is 3. The molecule has 6 nitrogen and oxygen atoms in total. The summed E-state index contributed by atoms with van der Waals surface area (Å²) in [6.45, 7) is 4.78. The van der Waals surface area contributed by atoms with E-state index in [4.69, 9.17) is 0 Å². The maximum atomic E-state index is 12.0. The third kappa shape index (κ3) is 4.01. The van der Waals surface area contributed by atoms with E-state index in [9.17, 15) is 14.4 Å². The van der Waals surface area contributed by atoms with Gasteiger partial charge in [-0.1, -0.05) is 0 Å². The molecule has 0 aromatic carbocycles. The molecule has 102 valence electrons. The Morgan fingerprint density at radius 3 is 2.39 bits per heavy atom. The fourth-order valence-corrected chi connectivity index (χ4v) is 1.90. The molecule has 1 N–H and O–H groups in total. The van der Waals surface area contributed by atoms with E-state index in [2.05, 4.69) is 10.1 Å². The molecule has 1 heterocycles. The van der Waals surface area contributed by atoms with Crippen molar-refractivity contribution < 1.29 is 19.1 Å². The zero-order valence-corrected chi connectivity index (χ0v) is 10.9. The highest BCUT2D eigenvalue weighted by molar-refractivity contribution is 6.32.